The molecule has 0 atom stereocenters. The Labute approximate surface area is 430 Å². The van der Waals surface area contributed by atoms with Gasteiger partial charge in [0, 0.05) is 36.0 Å². The maximum Gasteiger partial charge on any atom is 0.342 e. The minimum absolute atomic E-state index is 0.0583. The van der Waals surface area contributed by atoms with Gasteiger partial charge >= 0.3 is 5.97 Å². The van der Waals surface area contributed by atoms with Crippen LogP contribution in [-0.2, 0) is 9.47 Å². The van der Waals surface area contributed by atoms with Crippen molar-refractivity contribution < 1.29 is 72.5 Å². The highest BCUT2D eigenvalue weighted by atomic mass is 16.6. The van der Waals surface area contributed by atoms with Crippen LogP contribution in [0.5, 0.6) is 28.7 Å². The number of nitrogens with zero attached hydrogens (tertiary/aromatic N) is 2. The molecule has 0 aliphatic carbocycles. The zero-order valence-corrected chi connectivity index (χ0v) is 43.2. The lowest BCUT2D eigenvalue weighted by Crippen LogP contribution is -2.09. The monoisotopic (exact) mass is 1030 g/mol. The maximum absolute atomic E-state index is 11.0. The SMILES string of the molecule is Cc1cc(C(=O)O)c([N+](=O)[O-])cc1OCCCOC(C)C.Cc1cc(C=O)c([N+](=O)[O-])cc1OCCCOC(C)C.Cc1cc(C=O)ccc1O.Cc1cc(C=O)ccc1OCCCOc1ccc(C=O)cc1C. The van der Waals surface area contributed by atoms with Gasteiger partial charge in [0.05, 0.1) is 79.4 Å². The van der Waals surface area contributed by atoms with E-state index >= 15 is 0 Å². The van der Waals surface area contributed by atoms with Crippen LogP contribution >= 0.6 is 0 Å². The van der Waals surface area contributed by atoms with E-state index in [4.69, 9.17) is 38.6 Å². The number of carbonyl (C=O) groups excluding carboxylic acids is 4. The second-order valence-corrected chi connectivity index (χ2v) is 17.0. The van der Waals surface area contributed by atoms with Crippen LogP contribution in [0.4, 0.5) is 11.4 Å². The second-order valence-electron chi connectivity index (χ2n) is 17.0. The van der Waals surface area contributed by atoms with Crippen molar-refractivity contribution in [2.45, 2.75) is 93.8 Å². The first-order valence-electron chi connectivity index (χ1n) is 23.5. The van der Waals surface area contributed by atoms with Gasteiger partial charge in [0.15, 0.2) is 6.29 Å². The number of rotatable bonds is 25. The molecule has 0 unspecified atom stereocenters. The van der Waals surface area contributed by atoms with Crippen LogP contribution in [0.15, 0.2) is 78.9 Å². The number of carboxylic acid groups (broad SMARTS) is 1. The van der Waals surface area contributed by atoms with Gasteiger partial charge in [-0.05, 0) is 157 Å². The van der Waals surface area contributed by atoms with Crippen LogP contribution in [0.3, 0.4) is 0 Å². The predicted octanol–water partition coefficient (Wildman–Crippen LogP) is 11.0. The van der Waals surface area contributed by atoms with E-state index < -0.39 is 21.5 Å². The van der Waals surface area contributed by atoms with Gasteiger partial charge in [-0.1, -0.05) is 0 Å². The first-order valence-corrected chi connectivity index (χ1v) is 23.5. The van der Waals surface area contributed by atoms with Crippen LogP contribution in [-0.4, -0.2) is 103 Å². The summed E-state index contributed by atoms with van der Waals surface area (Å²) in [4.78, 5) is 73.8. The molecule has 0 fully saturated rings. The molecule has 0 saturated carbocycles. The summed E-state index contributed by atoms with van der Waals surface area (Å²) in [6, 6.07) is 20.6. The van der Waals surface area contributed by atoms with E-state index in [0.717, 1.165) is 59.5 Å². The van der Waals surface area contributed by atoms with Crippen molar-refractivity contribution in [2.24, 2.45) is 0 Å². The molecular weight excluding hydrogens is 961 g/mol. The van der Waals surface area contributed by atoms with Crippen LogP contribution < -0.4 is 18.9 Å². The van der Waals surface area contributed by atoms with Gasteiger partial charge in [-0.15, -0.1) is 0 Å². The van der Waals surface area contributed by atoms with E-state index in [1.165, 1.54) is 24.3 Å². The lowest BCUT2D eigenvalue weighted by atomic mass is 10.1. The topological polar surface area (TPSA) is 267 Å². The molecule has 5 aromatic rings. The van der Waals surface area contributed by atoms with Gasteiger partial charge in [0.1, 0.15) is 53.2 Å². The van der Waals surface area contributed by atoms with Crippen molar-refractivity contribution in [1.82, 2.24) is 0 Å². The third-order valence-electron chi connectivity index (χ3n) is 10.2. The predicted molar refractivity (Wildman–Crippen MR) is 277 cm³/mol. The number of nitro groups is 2. The van der Waals surface area contributed by atoms with Gasteiger partial charge in [0.25, 0.3) is 11.4 Å². The summed E-state index contributed by atoms with van der Waals surface area (Å²) < 4.78 is 33.1. The molecule has 2 N–H and O–H groups in total. The fourth-order valence-corrected chi connectivity index (χ4v) is 6.37. The number of benzene rings is 5. The molecule has 74 heavy (non-hydrogen) atoms. The Morgan fingerprint density at radius 1 is 0.500 bits per heavy atom. The van der Waals surface area contributed by atoms with Crippen LogP contribution in [0, 0.1) is 54.8 Å². The molecule has 0 aromatic heterocycles. The summed E-state index contributed by atoms with van der Waals surface area (Å²) in [7, 11) is 0. The lowest BCUT2D eigenvalue weighted by molar-refractivity contribution is -0.385. The number of phenols is 1. The zero-order valence-electron chi connectivity index (χ0n) is 43.2. The lowest BCUT2D eigenvalue weighted by Gasteiger charge is -2.11. The Kier molecular flexibility index (Phi) is 27.6. The number of hydrogen-bond acceptors (Lipinski definition) is 16. The standard InChI is InChI=1S/C19H20O4.C14H19NO6.C14H19NO5.C8H8O2/c1-14-10-16(12-20)4-6-18(14)22-8-3-9-23-19-7-5-17(13-21)11-15(19)2;1-9(2)20-5-4-6-21-13-8-12(15(18)19)11(14(16)17)7-10(13)3;1-10(2)19-5-4-6-20-14-8-13(15(17)18)12(9-16)7-11(14)3;1-6-4-7(5-9)2-3-8(6)10/h4-7,10-13H,3,8-9H2,1-2H3;7-9H,4-6H2,1-3H3,(H,16,17);7-10H,4-6H2,1-3H3;2-5,10H,1H3. The van der Waals surface area contributed by atoms with Crippen molar-refractivity contribution in [2.75, 3.05) is 39.6 Å². The summed E-state index contributed by atoms with van der Waals surface area (Å²) in [5.74, 6) is 1.19. The van der Waals surface area contributed by atoms with Crippen LogP contribution in [0.2, 0.25) is 0 Å². The smallest absolute Gasteiger partial charge is 0.342 e. The maximum atomic E-state index is 11.0. The van der Waals surface area contributed by atoms with Crippen molar-refractivity contribution in [3.63, 3.8) is 0 Å². The number of aryl methyl sites for hydroxylation is 5. The largest absolute Gasteiger partial charge is 0.508 e. The van der Waals surface area contributed by atoms with Gasteiger partial charge < -0.3 is 38.6 Å². The van der Waals surface area contributed by atoms with E-state index in [2.05, 4.69) is 0 Å². The Morgan fingerprint density at radius 3 is 1.23 bits per heavy atom. The summed E-state index contributed by atoms with van der Waals surface area (Å²) in [6.45, 7) is 19.7. The Morgan fingerprint density at radius 2 is 0.865 bits per heavy atom. The van der Waals surface area contributed by atoms with Gasteiger partial charge in [-0.2, -0.15) is 0 Å². The molecule has 0 aliphatic heterocycles. The number of carboxylic acids is 1. The quantitative estimate of drug-likeness (QED) is 0.0238. The molecule has 19 heteroatoms. The summed E-state index contributed by atoms with van der Waals surface area (Å²) in [5, 5.41) is 39.8. The molecule has 5 rings (SSSR count). The van der Waals surface area contributed by atoms with Crippen molar-refractivity contribution in [1.29, 1.82) is 0 Å². The number of nitro benzene ring substituents is 2. The average molecular weight is 1030 g/mol. The molecule has 0 spiro atoms. The van der Waals surface area contributed by atoms with Gasteiger partial charge in [-0.3, -0.25) is 39.4 Å². The number of aromatic carboxylic acids is 1. The number of carbonyl (C=O) groups is 5. The highest BCUT2D eigenvalue weighted by molar-refractivity contribution is 5.93. The van der Waals surface area contributed by atoms with Gasteiger partial charge in [-0.25, -0.2) is 4.79 Å². The number of phenolic OH excluding ortho intramolecular Hbond substituents is 1. The highest BCUT2D eigenvalue weighted by Crippen LogP contribution is 2.30. The number of aldehydes is 4. The first kappa shape index (κ1) is 62.1. The molecule has 0 bridgehead atoms. The van der Waals surface area contributed by atoms with Gasteiger partial charge in [0.2, 0.25) is 0 Å². The fourth-order valence-electron chi connectivity index (χ4n) is 6.37. The minimum atomic E-state index is -1.33. The second kappa shape index (κ2) is 32.8. The van der Waals surface area contributed by atoms with E-state index in [9.17, 15) is 44.2 Å². The molecule has 0 aliphatic rings. The Balaban J connectivity index is 0.000000348. The van der Waals surface area contributed by atoms with Crippen LogP contribution in [0.25, 0.3) is 0 Å². The Hall–Kier alpha value is -8.03. The fraction of sp³-hybridized carbons (Fsp3) is 0.364. The molecule has 0 saturated heterocycles. The first-order chi connectivity index (χ1) is 35.1. The van der Waals surface area contributed by atoms with E-state index in [0.29, 0.717) is 98.1 Å². The molecule has 0 heterocycles. The molecule has 19 nitrogen and oxygen atoms in total. The third-order valence-corrected chi connectivity index (χ3v) is 10.2. The van der Waals surface area contributed by atoms with E-state index in [-0.39, 0.29) is 34.8 Å². The number of hydrogen-bond donors (Lipinski definition) is 2. The van der Waals surface area contributed by atoms with Crippen molar-refractivity contribution in [3.05, 3.63) is 155 Å². The van der Waals surface area contributed by atoms with E-state index in [1.807, 2.05) is 53.7 Å². The Bertz CT molecular complexity index is 2600. The van der Waals surface area contributed by atoms with E-state index in [1.54, 1.807) is 57.2 Å². The molecule has 5 aromatic carbocycles. The van der Waals surface area contributed by atoms with Crippen molar-refractivity contribution in [3.8, 4) is 28.7 Å². The zero-order chi connectivity index (χ0) is 55.3. The molecule has 0 amide bonds. The van der Waals surface area contributed by atoms with Crippen molar-refractivity contribution >= 4 is 42.5 Å². The summed E-state index contributed by atoms with van der Waals surface area (Å²) in [5.41, 5.74) is 4.74. The number of ether oxygens (including phenoxy) is 6. The molecule has 398 valence electrons. The van der Waals surface area contributed by atoms with Crippen LogP contribution in [0.1, 0.15) is 127 Å². The third kappa shape index (κ3) is 22.2. The summed E-state index contributed by atoms with van der Waals surface area (Å²) >= 11 is 0. The highest BCUT2D eigenvalue weighted by Gasteiger charge is 2.23. The molecule has 0 radical (unpaired) electrons. The average Bonchev–Trinajstić information content (AvgIpc) is 3.36. The number of aromatic hydroxyl groups is 1. The molecular formula is C55H66N2O17. The summed E-state index contributed by atoms with van der Waals surface area (Å²) in [6.07, 6.45) is 5.27. The normalized spacial score (nSPS) is 10.3. The minimum Gasteiger partial charge on any atom is -0.508 e.